The van der Waals surface area contributed by atoms with Gasteiger partial charge in [-0.15, -0.1) is 0 Å². The molecule has 0 fully saturated rings. The lowest BCUT2D eigenvalue weighted by Gasteiger charge is -2.14. The highest BCUT2D eigenvalue weighted by Gasteiger charge is 2.14. The van der Waals surface area contributed by atoms with Crippen molar-refractivity contribution in [3.8, 4) is 0 Å². The van der Waals surface area contributed by atoms with Crippen LogP contribution < -0.4 is 5.32 Å². The van der Waals surface area contributed by atoms with Crippen molar-refractivity contribution in [2.24, 2.45) is 5.92 Å². The SMILES string of the molecule is Cc1ccc(CO)cc1NC(=O)C(C)CCCc1ccccc1. The van der Waals surface area contributed by atoms with Crippen molar-refractivity contribution in [3.05, 3.63) is 65.2 Å². The molecule has 2 aromatic carbocycles. The molecule has 1 amide bonds. The largest absolute Gasteiger partial charge is 0.392 e. The summed E-state index contributed by atoms with van der Waals surface area (Å²) in [5.74, 6) is 0.00662. The maximum absolute atomic E-state index is 12.3. The van der Waals surface area contributed by atoms with Crippen LogP contribution in [0.3, 0.4) is 0 Å². The van der Waals surface area contributed by atoms with Crippen molar-refractivity contribution in [1.29, 1.82) is 0 Å². The lowest BCUT2D eigenvalue weighted by molar-refractivity contribution is -0.119. The van der Waals surface area contributed by atoms with Crippen LogP contribution in [0, 0.1) is 12.8 Å². The Hall–Kier alpha value is -2.13. The van der Waals surface area contributed by atoms with E-state index in [9.17, 15) is 9.90 Å². The number of aryl methyl sites for hydroxylation is 2. The number of anilines is 1. The smallest absolute Gasteiger partial charge is 0.227 e. The van der Waals surface area contributed by atoms with Gasteiger partial charge in [0.2, 0.25) is 5.91 Å². The molecule has 0 radical (unpaired) electrons. The zero-order valence-corrected chi connectivity index (χ0v) is 13.9. The number of carbonyl (C=O) groups is 1. The number of nitrogens with one attached hydrogen (secondary N) is 1. The van der Waals surface area contributed by atoms with E-state index in [4.69, 9.17) is 0 Å². The van der Waals surface area contributed by atoms with Gasteiger partial charge < -0.3 is 10.4 Å². The Morgan fingerprint density at radius 2 is 1.87 bits per heavy atom. The summed E-state index contributed by atoms with van der Waals surface area (Å²) in [6.07, 6.45) is 2.85. The summed E-state index contributed by atoms with van der Waals surface area (Å²) in [6, 6.07) is 16.0. The zero-order valence-electron chi connectivity index (χ0n) is 13.9. The highest BCUT2D eigenvalue weighted by molar-refractivity contribution is 5.93. The fraction of sp³-hybridized carbons (Fsp3) is 0.350. The van der Waals surface area contributed by atoms with Crippen molar-refractivity contribution < 1.29 is 9.90 Å². The Morgan fingerprint density at radius 1 is 1.13 bits per heavy atom. The number of hydrogen-bond donors (Lipinski definition) is 2. The van der Waals surface area contributed by atoms with Crippen LogP contribution in [0.5, 0.6) is 0 Å². The summed E-state index contributed by atoms with van der Waals surface area (Å²) in [5.41, 5.74) is 3.91. The lowest BCUT2D eigenvalue weighted by Crippen LogP contribution is -2.21. The van der Waals surface area contributed by atoms with Crippen molar-refractivity contribution >= 4 is 11.6 Å². The Morgan fingerprint density at radius 3 is 2.57 bits per heavy atom. The molecule has 0 saturated heterocycles. The molecule has 1 atom stereocenters. The summed E-state index contributed by atoms with van der Waals surface area (Å²) in [4.78, 5) is 12.3. The molecular formula is C20H25NO2. The Bertz CT molecular complexity index is 637. The van der Waals surface area contributed by atoms with Crippen molar-refractivity contribution in [2.45, 2.75) is 39.7 Å². The van der Waals surface area contributed by atoms with Gasteiger partial charge in [-0.05, 0) is 48.9 Å². The first kappa shape index (κ1) is 17.2. The van der Waals surface area contributed by atoms with Gasteiger partial charge in [-0.1, -0.05) is 49.4 Å². The van der Waals surface area contributed by atoms with Crippen LogP contribution >= 0.6 is 0 Å². The van der Waals surface area contributed by atoms with Gasteiger partial charge >= 0.3 is 0 Å². The van der Waals surface area contributed by atoms with E-state index in [0.29, 0.717) is 0 Å². The molecule has 0 aromatic heterocycles. The number of amides is 1. The molecule has 0 aliphatic heterocycles. The van der Waals surface area contributed by atoms with Crippen LogP contribution in [-0.2, 0) is 17.8 Å². The molecule has 0 bridgehead atoms. The molecule has 23 heavy (non-hydrogen) atoms. The number of aliphatic hydroxyl groups is 1. The molecule has 0 aliphatic rings. The van der Waals surface area contributed by atoms with Crippen molar-refractivity contribution in [3.63, 3.8) is 0 Å². The van der Waals surface area contributed by atoms with Gasteiger partial charge in [-0.2, -0.15) is 0 Å². The minimum atomic E-state index is -0.0316. The maximum Gasteiger partial charge on any atom is 0.227 e. The minimum Gasteiger partial charge on any atom is -0.392 e. The zero-order chi connectivity index (χ0) is 16.7. The molecule has 2 aromatic rings. The summed E-state index contributed by atoms with van der Waals surface area (Å²) in [7, 11) is 0. The van der Waals surface area contributed by atoms with Gasteiger partial charge in [0.15, 0.2) is 0 Å². The van der Waals surface area contributed by atoms with Gasteiger partial charge in [0.05, 0.1) is 6.61 Å². The van der Waals surface area contributed by atoms with Crippen molar-refractivity contribution in [2.75, 3.05) is 5.32 Å². The third-order valence-corrected chi connectivity index (χ3v) is 4.14. The quantitative estimate of drug-likeness (QED) is 0.809. The van der Waals surface area contributed by atoms with Crippen LogP contribution in [0.4, 0.5) is 5.69 Å². The first-order valence-electron chi connectivity index (χ1n) is 8.15. The maximum atomic E-state index is 12.3. The average Bonchev–Trinajstić information content (AvgIpc) is 2.57. The molecule has 0 heterocycles. The third kappa shape index (κ3) is 5.22. The number of rotatable bonds is 7. The molecular weight excluding hydrogens is 286 g/mol. The second kappa shape index (κ2) is 8.49. The fourth-order valence-corrected chi connectivity index (χ4v) is 2.55. The number of aliphatic hydroxyl groups excluding tert-OH is 1. The summed E-state index contributed by atoms with van der Waals surface area (Å²) < 4.78 is 0. The second-order valence-electron chi connectivity index (χ2n) is 6.08. The number of carbonyl (C=O) groups excluding carboxylic acids is 1. The molecule has 0 aliphatic carbocycles. The summed E-state index contributed by atoms with van der Waals surface area (Å²) in [5, 5.41) is 12.2. The number of benzene rings is 2. The molecule has 0 saturated carbocycles. The van der Waals surface area contributed by atoms with Gasteiger partial charge in [0.1, 0.15) is 0 Å². The van der Waals surface area contributed by atoms with Crippen LogP contribution in [-0.4, -0.2) is 11.0 Å². The highest BCUT2D eigenvalue weighted by atomic mass is 16.3. The molecule has 3 heteroatoms. The molecule has 122 valence electrons. The standard InChI is InChI=1S/C20H25NO2/c1-15-11-12-18(14-22)13-19(15)21-20(23)16(2)7-6-10-17-8-4-3-5-9-17/h3-5,8-9,11-13,16,22H,6-7,10,14H2,1-2H3,(H,21,23). The molecule has 3 nitrogen and oxygen atoms in total. The Labute approximate surface area is 138 Å². The van der Waals surface area contributed by atoms with Crippen LogP contribution in [0.25, 0.3) is 0 Å². The average molecular weight is 311 g/mol. The van der Waals surface area contributed by atoms with E-state index in [-0.39, 0.29) is 18.4 Å². The molecule has 1 unspecified atom stereocenters. The molecule has 2 N–H and O–H groups in total. The first-order chi connectivity index (χ1) is 11.1. The predicted molar refractivity (Wildman–Crippen MR) is 94.3 cm³/mol. The van der Waals surface area contributed by atoms with E-state index < -0.39 is 0 Å². The fourth-order valence-electron chi connectivity index (χ4n) is 2.55. The normalized spacial score (nSPS) is 12.0. The molecule has 2 rings (SSSR count). The summed E-state index contributed by atoms with van der Waals surface area (Å²) in [6.45, 7) is 3.90. The second-order valence-corrected chi connectivity index (χ2v) is 6.08. The Kier molecular flexibility index (Phi) is 6.36. The highest BCUT2D eigenvalue weighted by Crippen LogP contribution is 2.19. The van der Waals surface area contributed by atoms with Gasteiger partial charge in [-0.3, -0.25) is 4.79 Å². The van der Waals surface area contributed by atoms with E-state index in [0.717, 1.165) is 36.1 Å². The molecule has 0 spiro atoms. The van der Waals surface area contributed by atoms with Gasteiger partial charge in [0.25, 0.3) is 0 Å². The van der Waals surface area contributed by atoms with E-state index in [1.807, 2.05) is 50.2 Å². The lowest BCUT2D eigenvalue weighted by atomic mass is 10.00. The van der Waals surface area contributed by atoms with Crippen LogP contribution in [0.1, 0.15) is 36.5 Å². The third-order valence-electron chi connectivity index (χ3n) is 4.14. The van der Waals surface area contributed by atoms with E-state index in [2.05, 4.69) is 17.4 Å². The first-order valence-corrected chi connectivity index (χ1v) is 8.15. The van der Waals surface area contributed by atoms with E-state index >= 15 is 0 Å². The van der Waals surface area contributed by atoms with Crippen molar-refractivity contribution in [1.82, 2.24) is 0 Å². The van der Waals surface area contributed by atoms with E-state index in [1.54, 1.807) is 0 Å². The van der Waals surface area contributed by atoms with Crippen LogP contribution in [0.15, 0.2) is 48.5 Å². The van der Waals surface area contributed by atoms with Crippen LogP contribution in [0.2, 0.25) is 0 Å². The number of hydrogen-bond acceptors (Lipinski definition) is 2. The predicted octanol–water partition coefficient (Wildman–Crippen LogP) is 4.08. The Balaban J connectivity index is 1.85. The van der Waals surface area contributed by atoms with Gasteiger partial charge in [0, 0.05) is 11.6 Å². The monoisotopic (exact) mass is 311 g/mol. The van der Waals surface area contributed by atoms with Gasteiger partial charge in [-0.25, -0.2) is 0 Å². The minimum absolute atomic E-state index is 0.0181. The topological polar surface area (TPSA) is 49.3 Å². The van der Waals surface area contributed by atoms with E-state index in [1.165, 1.54) is 5.56 Å². The summed E-state index contributed by atoms with van der Waals surface area (Å²) >= 11 is 0.